The van der Waals surface area contributed by atoms with E-state index in [0.29, 0.717) is 5.56 Å². The van der Waals surface area contributed by atoms with E-state index in [9.17, 15) is 31.1 Å². The lowest BCUT2D eigenvalue weighted by Crippen LogP contribution is -2.24. The monoisotopic (exact) mass is 391 g/mol. The van der Waals surface area contributed by atoms with E-state index in [4.69, 9.17) is 0 Å². The van der Waals surface area contributed by atoms with Crippen LogP contribution in [-0.4, -0.2) is 18.7 Å². The third-order valence-corrected chi connectivity index (χ3v) is 3.43. The molecule has 0 unspecified atom stereocenters. The van der Waals surface area contributed by atoms with Crippen molar-refractivity contribution in [3.8, 4) is 5.75 Å². The van der Waals surface area contributed by atoms with Gasteiger partial charge in [0.15, 0.2) is 6.61 Å². The Morgan fingerprint density at radius 2 is 1.59 bits per heavy atom. The summed E-state index contributed by atoms with van der Waals surface area (Å²) in [6, 6.07) is 10.1. The molecule has 0 saturated carbocycles. The van der Waals surface area contributed by atoms with Crippen molar-refractivity contribution in [2.75, 3.05) is 6.61 Å². The first-order valence-electron chi connectivity index (χ1n) is 7.74. The Morgan fingerprint density at radius 1 is 0.926 bits per heavy atom. The summed E-state index contributed by atoms with van der Waals surface area (Å²) in [4.78, 5) is 11.9. The fourth-order valence-electron chi connectivity index (χ4n) is 2.17. The Bertz CT molecular complexity index is 769. The SMILES string of the molecule is O=C(Cc1cccc(C(F)(F)F)c1)NCc1ccc(OCC(F)(F)F)cc1. The second-order valence-electron chi connectivity index (χ2n) is 5.70. The van der Waals surface area contributed by atoms with E-state index in [-0.39, 0.29) is 24.3 Å². The maximum Gasteiger partial charge on any atom is 0.422 e. The van der Waals surface area contributed by atoms with Crippen molar-refractivity contribution in [2.45, 2.75) is 25.3 Å². The van der Waals surface area contributed by atoms with Crippen molar-refractivity contribution in [3.05, 3.63) is 65.2 Å². The summed E-state index contributed by atoms with van der Waals surface area (Å²) in [5, 5.41) is 2.54. The lowest BCUT2D eigenvalue weighted by molar-refractivity contribution is -0.153. The topological polar surface area (TPSA) is 38.3 Å². The van der Waals surface area contributed by atoms with Crippen LogP contribution in [0.2, 0.25) is 0 Å². The lowest BCUT2D eigenvalue weighted by atomic mass is 10.1. The van der Waals surface area contributed by atoms with Crippen LogP contribution in [0, 0.1) is 0 Å². The van der Waals surface area contributed by atoms with Gasteiger partial charge in [0.1, 0.15) is 5.75 Å². The van der Waals surface area contributed by atoms with Gasteiger partial charge in [-0.2, -0.15) is 26.3 Å². The molecular weight excluding hydrogens is 376 g/mol. The summed E-state index contributed by atoms with van der Waals surface area (Å²) in [7, 11) is 0. The Morgan fingerprint density at radius 3 is 2.19 bits per heavy atom. The van der Waals surface area contributed by atoms with E-state index in [1.54, 1.807) is 0 Å². The van der Waals surface area contributed by atoms with Gasteiger partial charge in [0, 0.05) is 6.54 Å². The average molecular weight is 391 g/mol. The highest BCUT2D eigenvalue weighted by Crippen LogP contribution is 2.29. The number of halogens is 6. The molecule has 0 radical (unpaired) electrons. The van der Waals surface area contributed by atoms with Gasteiger partial charge in [0.05, 0.1) is 12.0 Å². The molecule has 2 aromatic rings. The van der Waals surface area contributed by atoms with Crippen molar-refractivity contribution in [2.24, 2.45) is 0 Å². The molecule has 0 fully saturated rings. The smallest absolute Gasteiger partial charge is 0.422 e. The quantitative estimate of drug-likeness (QED) is 0.737. The molecule has 9 heteroatoms. The molecule has 0 aliphatic carbocycles. The molecule has 0 spiro atoms. The molecule has 0 heterocycles. The van der Waals surface area contributed by atoms with Gasteiger partial charge in [-0.3, -0.25) is 4.79 Å². The molecular formula is C18H15F6NO2. The fourth-order valence-corrected chi connectivity index (χ4v) is 2.17. The number of nitrogens with one attached hydrogen (secondary N) is 1. The number of alkyl halides is 6. The summed E-state index contributed by atoms with van der Waals surface area (Å²) < 4.78 is 78.7. The van der Waals surface area contributed by atoms with E-state index < -0.39 is 30.4 Å². The van der Waals surface area contributed by atoms with Crippen LogP contribution in [0.5, 0.6) is 5.75 Å². The number of hydrogen-bond donors (Lipinski definition) is 1. The molecule has 0 aliphatic rings. The number of carbonyl (C=O) groups excluding carboxylic acids is 1. The zero-order valence-corrected chi connectivity index (χ0v) is 13.8. The summed E-state index contributed by atoms with van der Waals surface area (Å²) >= 11 is 0. The van der Waals surface area contributed by atoms with Crippen molar-refractivity contribution < 1.29 is 35.9 Å². The van der Waals surface area contributed by atoms with E-state index in [1.807, 2.05) is 0 Å². The minimum Gasteiger partial charge on any atom is -0.484 e. The summed E-state index contributed by atoms with van der Waals surface area (Å²) in [5.41, 5.74) is -0.00720. The van der Waals surface area contributed by atoms with Crippen LogP contribution in [0.25, 0.3) is 0 Å². The highest BCUT2D eigenvalue weighted by Gasteiger charge is 2.30. The third kappa shape index (κ3) is 7.20. The van der Waals surface area contributed by atoms with Gasteiger partial charge < -0.3 is 10.1 Å². The minimum atomic E-state index is -4.48. The molecule has 0 aromatic heterocycles. The van der Waals surface area contributed by atoms with Crippen LogP contribution in [0.15, 0.2) is 48.5 Å². The lowest BCUT2D eigenvalue weighted by Gasteiger charge is -2.10. The van der Waals surface area contributed by atoms with Crippen LogP contribution < -0.4 is 10.1 Å². The van der Waals surface area contributed by atoms with Gasteiger partial charge in [0.2, 0.25) is 5.91 Å². The number of benzene rings is 2. The van der Waals surface area contributed by atoms with Crippen molar-refractivity contribution in [1.29, 1.82) is 0 Å². The normalized spacial score (nSPS) is 11.9. The Balaban J connectivity index is 1.85. The summed E-state index contributed by atoms with van der Waals surface area (Å²) in [6.45, 7) is -1.32. The van der Waals surface area contributed by atoms with Gasteiger partial charge in [-0.15, -0.1) is 0 Å². The molecule has 2 rings (SSSR count). The molecule has 3 nitrogen and oxygen atoms in total. The Hall–Kier alpha value is -2.71. The predicted molar refractivity (Wildman–Crippen MR) is 85.0 cm³/mol. The van der Waals surface area contributed by atoms with E-state index in [1.165, 1.54) is 36.4 Å². The largest absolute Gasteiger partial charge is 0.484 e. The first kappa shape index (κ1) is 20.6. The molecule has 0 saturated heterocycles. The van der Waals surface area contributed by atoms with E-state index >= 15 is 0 Å². The maximum atomic E-state index is 12.7. The molecule has 27 heavy (non-hydrogen) atoms. The van der Waals surface area contributed by atoms with Crippen LogP contribution in [0.3, 0.4) is 0 Å². The Kier molecular flexibility index (Phi) is 6.35. The number of hydrogen-bond acceptors (Lipinski definition) is 2. The van der Waals surface area contributed by atoms with Gasteiger partial charge >= 0.3 is 12.4 Å². The highest BCUT2D eigenvalue weighted by molar-refractivity contribution is 5.78. The number of ether oxygens (including phenoxy) is 1. The van der Waals surface area contributed by atoms with Gasteiger partial charge in [-0.1, -0.05) is 30.3 Å². The molecule has 1 N–H and O–H groups in total. The second-order valence-corrected chi connectivity index (χ2v) is 5.70. The standard InChI is InChI=1S/C18H15F6NO2/c19-17(20,21)11-27-15-6-4-12(5-7-15)10-25-16(26)9-13-2-1-3-14(8-13)18(22,23)24/h1-8H,9-11H2,(H,25,26). The first-order chi connectivity index (χ1) is 12.5. The Labute approximate surface area is 150 Å². The van der Waals surface area contributed by atoms with Crippen LogP contribution in [0.1, 0.15) is 16.7 Å². The van der Waals surface area contributed by atoms with Crippen LogP contribution in [0.4, 0.5) is 26.3 Å². The zero-order valence-electron chi connectivity index (χ0n) is 13.8. The summed E-state index contributed by atoms with van der Waals surface area (Å²) in [5.74, 6) is -0.446. The summed E-state index contributed by atoms with van der Waals surface area (Å²) in [6.07, 6.45) is -9.14. The van der Waals surface area contributed by atoms with Gasteiger partial charge in [-0.25, -0.2) is 0 Å². The number of carbonyl (C=O) groups is 1. The van der Waals surface area contributed by atoms with Gasteiger partial charge in [0.25, 0.3) is 0 Å². The second kappa shape index (κ2) is 8.32. The third-order valence-electron chi connectivity index (χ3n) is 3.43. The van der Waals surface area contributed by atoms with Gasteiger partial charge in [-0.05, 0) is 29.3 Å². The molecule has 0 aliphatic heterocycles. The van der Waals surface area contributed by atoms with E-state index in [2.05, 4.69) is 10.1 Å². The van der Waals surface area contributed by atoms with Crippen molar-refractivity contribution in [1.82, 2.24) is 5.32 Å². The number of rotatable bonds is 6. The molecule has 0 atom stereocenters. The van der Waals surface area contributed by atoms with Crippen LogP contribution in [-0.2, 0) is 23.9 Å². The number of amides is 1. The predicted octanol–water partition coefficient (Wildman–Crippen LogP) is 4.51. The maximum absolute atomic E-state index is 12.7. The fraction of sp³-hybridized carbons (Fsp3) is 0.278. The van der Waals surface area contributed by atoms with Crippen molar-refractivity contribution >= 4 is 5.91 Å². The molecule has 2 aromatic carbocycles. The molecule has 1 amide bonds. The molecule has 146 valence electrons. The van der Waals surface area contributed by atoms with Crippen LogP contribution >= 0.6 is 0 Å². The minimum absolute atomic E-state index is 0.0337. The average Bonchev–Trinajstić information content (AvgIpc) is 2.58. The van der Waals surface area contributed by atoms with E-state index in [0.717, 1.165) is 12.1 Å². The van der Waals surface area contributed by atoms with Crippen molar-refractivity contribution in [3.63, 3.8) is 0 Å². The molecule has 0 bridgehead atoms. The zero-order chi connectivity index (χ0) is 20.1. The highest BCUT2D eigenvalue weighted by atomic mass is 19.4. The first-order valence-corrected chi connectivity index (χ1v) is 7.74.